The Morgan fingerprint density at radius 3 is 3.00 bits per heavy atom. The van der Waals surface area contributed by atoms with Crippen molar-refractivity contribution in [2.45, 2.75) is 58.9 Å². The van der Waals surface area contributed by atoms with Gasteiger partial charge in [-0.15, -0.1) is 0 Å². The second-order valence-corrected chi connectivity index (χ2v) is 5.29. The first-order valence-electron chi connectivity index (χ1n) is 7.14. The maximum Gasteiger partial charge on any atom is 0.138 e. The summed E-state index contributed by atoms with van der Waals surface area (Å²) in [5.74, 6) is 2.29. The van der Waals surface area contributed by atoms with Crippen LogP contribution >= 0.6 is 0 Å². The molecule has 1 aromatic rings. The highest BCUT2D eigenvalue weighted by molar-refractivity contribution is 5.81. The zero-order valence-corrected chi connectivity index (χ0v) is 11.4. The number of rotatable bonds is 5. The third-order valence-electron chi connectivity index (χ3n) is 3.99. The number of nitrogens with zero attached hydrogens (tertiary/aromatic N) is 3. The molecular formula is C14H23N3O. The van der Waals surface area contributed by atoms with Crippen molar-refractivity contribution < 1.29 is 4.79 Å². The van der Waals surface area contributed by atoms with E-state index < -0.39 is 0 Å². The second kappa shape index (κ2) is 6.12. The van der Waals surface area contributed by atoms with Crippen LogP contribution in [0.15, 0.2) is 6.33 Å². The van der Waals surface area contributed by atoms with Gasteiger partial charge in [-0.1, -0.05) is 19.8 Å². The predicted molar refractivity (Wildman–Crippen MR) is 70.1 cm³/mol. The van der Waals surface area contributed by atoms with Gasteiger partial charge in [0.1, 0.15) is 17.9 Å². The maximum atomic E-state index is 12.0. The van der Waals surface area contributed by atoms with Crippen molar-refractivity contribution in [3.05, 3.63) is 12.2 Å². The number of ketones is 1. The topological polar surface area (TPSA) is 47.8 Å². The van der Waals surface area contributed by atoms with Crippen LogP contribution < -0.4 is 0 Å². The number of aromatic nitrogens is 3. The first-order valence-corrected chi connectivity index (χ1v) is 7.14. The highest BCUT2D eigenvalue weighted by Gasteiger charge is 2.29. The van der Waals surface area contributed by atoms with Crippen molar-refractivity contribution >= 4 is 5.78 Å². The highest BCUT2D eigenvalue weighted by Crippen LogP contribution is 2.31. The minimum absolute atomic E-state index is 0.171. The molecule has 0 amide bonds. The molecule has 0 bridgehead atoms. The summed E-state index contributed by atoms with van der Waals surface area (Å²) in [6, 6.07) is 0. The predicted octanol–water partition coefficient (Wildman–Crippen LogP) is 2.63. The van der Waals surface area contributed by atoms with Crippen molar-refractivity contribution in [1.29, 1.82) is 0 Å². The average Bonchev–Trinajstić information content (AvgIpc) is 2.81. The number of carbonyl (C=O) groups excluding carboxylic acids is 1. The van der Waals surface area contributed by atoms with E-state index in [9.17, 15) is 4.79 Å². The van der Waals surface area contributed by atoms with E-state index in [1.165, 1.54) is 12.8 Å². The van der Waals surface area contributed by atoms with E-state index in [0.29, 0.717) is 5.78 Å². The number of carbonyl (C=O) groups is 1. The summed E-state index contributed by atoms with van der Waals surface area (Å²) in [6.07, 6.45) is 7.73. The third-order valence-corrected chi connectivity index (χ3v) is 3.99. The Bertz CT molecular complexity index is 399. The lowest BCUT2D eigenvalue weighted by atomic mass is 9.77. The molecule has 0 N–H and O–H groups in total. The minimum atomic E-state index is 0.171. The fraction of sp³-hybridized carbons (Fsp3) is 0.786. The fourth-order valence-corrected chi connectivity index (χ4v) is 3.00. The van der Waals surface area contributed by atoms with Crippen LogP contribution in [0.3, 0.4) is 0 Å². The Labute approximate surface area is 109 Å². The van der Waals surface area contributed by atoms with Crippen molar-refractivity contribution in [3.8, 4) is 0 Å². The summed E-state index contributed by atoms with van der Waals surface area (Å²) in [5, 5.41) is 4.17. The molecule has 18 heavy (non-hydrogen) atoms. The minimum Gasteiger partial charge on any atom is -0.299 e. The first kappa shape index (κ1) is 13.2. The van der Waals surface area contributed by atoms with Crippen LogP contribution in [0.1, 0.15) is 51.8 Å². The Morgan fingerprint density at radius 1 is 1.44 bits per heavy atom. The Kier molecular flexibility index (Phi) is 4.50. The number of hydrogen-bond acceptors (Lipinski definition) is 3. The fourth-order valence-electron chi connectivity index (χ4n) is 3.00. The Morgan fingerprint density at radius 2 is 2.28 bits per heavy atom. The molecule has 1 aliphatic rings. The Hall–Kier alpha value is -1.19. The lowest BCUT2D eigenvalue weighted by Gasteiger charge is -2.27. The molecule has 1 aromatic heterocycles. The van der Waals surface area contributed by atoms with Crippen LogP contribution in [0.25, 0.3) is 0 Å². The molecule has 0 saturated heterocycles. The molecule has 4 heteroatoms. The summed E-state index contributed by atoms with van der Waals surface area (Å²) in [4.78, 5) is 16.3. The molecule has 0 spiro atoms. The molecule has 1 fully saturated rings. The van der Waals surface area contributed by atoms with E-state index in [1.54, 1.807) is 6.33 Å². The smallest absolute Gasteiger partial charge is 0.138 e. The van der Waals surface area contributed by atoms with Gasteiger partial charge in [-0.3, -0.25) is 9.48 Å². The van der Waals surface area contributed by atoms with Crippen LogP contribution in [-0.4, -0.2) is 20.5 Å². The maximum absolute atomic E-state index is 12.0. The second-order valence-electron chi connectivity index (χ2n) is 5.29. The molecule has 2 unspecified atom stereocenters. The van der Waals surface area contributed by atoms with Gasteiger partial charge in [0.15, 0.2) is 0 Å². The van der Waals surface area contributed by atoms with Gasteiger partial charge in [0.05, 0.1) is 0 Å². The molecule has 0 aromatic carbocycles. The number of aryl methyl sites for hydroxylation is 1. The van der Waals surface area contributed by atoms with E-state index in [-0.39, 0.29) is 5.92 Å². The Balaban J connectivity index is 2.00. The summed E-state index contributed by atoms with van der Waals surface area (Å²) in [5.41, 5.74) is 0. The molecule has 0 aliphatic heterocycles. The molecule has 2 rings (SSSR count). The van der Waals surface area contributed by atoms with E-state index >= 15 is 0 Å². The van der Waals surface area contributed by atoms with Gasteiger partial charge >= 0.3 is 0 Å². The molecule has 4 nitrogen and oxygen atoms in total. The lowest BCUT2D eigenvalue weighted by Crippen LogP contribution is -2.27. The zero-order chi connectivity index (χ0) is 13.0. The summed E-state index contributed by atoms with van der Waals surface area (Å²) < 4.78 is 1.90. The van der Waals surface area contributed by atoms with Gasteiger partial charge in [-0.05, 0) is 25.7 Å². The van der Waals surface area contributed by atoms with Crippen LogP contribution in [0.5, 0.6) is 0 Å². The van der Waals surface area contributed by atoms with Gasteiger partial charge in [-0.2, -0.15) is 5.10 Å². The summed E-state index contributed by atoms with van der Waals surface area (Å²) >= 11 is 0. The van der Waals surface area contributed by atoms with Gasteiger partial charge in [-0.25, -0.2) is 4.98 Å². The molecular weight excluding hydrogens is 226 g/mol. The van der Waals surface area contributed by atoms with Gasteiger partial charge in [0, 0.05) is 25.3 Å². The molecule has 1 saturated carbocycles. The monoisotopic (exact) mass is 249 g/mol. The largest absolute Gasteiger partial charge is 0.299 e. The van der Waals surface area contributed by atoms with Gasteiger partial charge in [0.25, 0.3) is 0 Å². The standard InChI is InChI=1S/C14H23N3O/c1-3-5-11-6-7-13(18)12(8-11)9-14-15-10-16-17(14)4-2/h10-12H,3-9H2,1-2H3. The molecule has 0 radical (unpaired) electrons. The quantitative estimate of drug-likeness (QED) is 0.806. The number of hydrogen-bond donors (Lipinski definition) is 0. The normalized spacial score (nSPS) is 24.4. The van der Waals surface area contributed by atoms with Gasteiger partial charge < -0.3 is 0 Å². The van der Waals surface area contributed by atoms with Gasteiger partial charge in [0.2, 0.25) is 0 Å². The third kappa shape index (κ3) is 2.98. The molecule has 2 atom stereocenters. The van der Waals surface area contributed by atoms with Crippen LogP contribution in [0, 0.1) is 11.8 Å². The van der Waals surface area contributed by atoms with Crippen molar-refractivity contribution in [2.24, 2.45) is 11.8 Å². The van der Waals surface area contributed by atoms with E-state index in [1.807, 2.05) is 4.68 Å². The van der Waals surface area contributed by atoms with Crippen LogP contribution in [0.2, 0.25) is 0 Å². The highest BCUT2D eigenvalue weighted by atomic mass is 16.1. The van der Waals surface area contributed by atoms with E-state index in [0.717, 1.165) is 44.0 Å². The van der Waals surface area contributed by atoms with Crippen molar-refractivity contribution in [1.82, 2.24) is 14.8 Å². The summed E-state index contributed by atoms with van der Waals surface area (Å²) in [7, 11) is 0. The first-order chi connectivity index (χ1) is 8.74. The van der Waals surface area contributed by atoms with Crippen LogP contribution in [-0.2, 0) is 17.8 Å². The molecule has 100 valence electrons. The van der Waals surface area contributed by atoms with Crippen molar-refractivity contribution in [3.63, 3.8) is 0 Å². The van der Waals surface area contributed by atoms with E-state index in [4.69, 9.17) is 0 Å². The number of Topliss-reactive ketones (excluding diaryl/α,β-unsaturated/α-hetero) is 1. The molecule has 1 heterocycles. The van der Waals surface area contributed by atoms with Crippen LogP contribution in [0.4, 0.5) is 0 Å². The summed E-state index contributed by atoms with van der Waals surface area (Å²) in [6.45, 7) is 5.11. The zero-order valence-electron chi connectivity index (χ0n) is 11.4. The van der Waals surface area contributed by atoms with E-state index in [2.05, 4.69) is 23.9 Å². The SMILES string of the molecule is CCCC1CCC(=O)C(Cc2ncnn2CC)C1. The average molecular weight is 249 g/mol. The lowest BCUT2D eigenvalue weighted by molar-refractivity contribution is -0.125. The molecule has 1 aliphatic carbocycles. The van der Waals surface area contributed by atoms with Crippen molar-refractivity contribution in [2.75, 3.05) is 0 Å².